The lowest BCUT2D eigenvalue weighted by atomic mass is 9.92. The van der Waals surface area contributed by atoms with E-state index in [9.17, 15) is 9.18 Å². The monoisotopic (exact) mass is 480 g/mol. The van der Waals surface area contributed by atoms with Gasteiger partial charge in [0.2, 0.25) is 0 Å². The molecule has 180 valence electrons. The molecular formula is C29H25FN4O2. The molecule has 4 aromatic rings. The molecule has 4 heterocycles. The van der Waals surface area contributed by atoms with E-state index in [2.05, 4.69) is 20.1 Å². The summed E-state index contributed by atoms with van der Waals surface area (Å²) in [4.78, 5) is 32.1. The van der Waals surface area contributed by atoms with E-state index in [1.54, 1.807) is 18.5 Å². The lowest BCUT2D eigenvalue weighted by molar-refractivity contribution is 0.0826. The summed E-state index contributed by atoms with van der Waals surface area (Å²) in [5.41, 5.74) is 5.72. The molecule has 1 aromatic carbocycles. The minimum Gasteiger partial charge on any atom is -0.385 e. The van der Waals surface area contributed by atoms with Crippen LogP contribution in [0.5, 0.6) is 0 Å². The van der Waals surface area contributed by atoms with E-state index in [1.165, 1.54) is 12.3 Å². The zero-order valence-corrected chi connectivity index (χ0v) is 20.1. The first-order valence-corrected chi connectivity index (χ1v) is 11.8. The zero-order valence-electron chi connectivity index (χ0n) is 20.1. The van der Waals surface area contributed by atoms with Crippen LogP contribution in [-0.2, 0) is 4.84 Å². The molecule has 0 fully saturated rings. The topological polar surface area (TPSA) is 77.3 Å². The molecule has 0 amide bonds. The van der Waals surface area contributed by atoms with E-state index >= 15 is 0 Å². The molecule has 36 heavy (non-hydrogen) atoms. The molecule has 7 heteroatoms. The van der Waals surface area contributed by atoms with Crippen molar-refractivity contribution in [3.63, 3.8) is 0 Å². The maximum absolute atomic E-state index is 14.2. The van der Waals surface area contributed by atoms with Crippen molar-refractivity contribution in [1.82, 2.24) is 15.0 Å². The normalized spacial score (nSPS) is 15.8. The van der Waals surface area contributed by atoms with Gasteiger partial charge in [-0.2, -0.15) is 0 Å². The molecular weight excluding hydrogens is 455 g/mol. The highest BCUT2D eigenvalue weighted by Crippen LogP contribution is 2.31. The molecule has 0 bridgehead atoms. The number of ketones is 1. The van der Waals surface area contributed by atoms with Gasteiger partial charge in [-0.15, -0.1) is 0 Å². The second kappa shape index (κ2) is 10.2. The Morgan fingerprint density at radius 2 is 1.86 bits per heavy atom. The Morgan fingerprint density at radius 3 is 2.61 bits per heavy atom. The van der Waals surface area contributed by atoms with Crippen LogP contribution in [0.4, 0.5) is 4.39 Å². The Labute approximate surface area is 208 Å². The van der Waals surface area contributed by atoms with E-state index in [0.717, 1.165) is 33.8 Å². The Kier molecular flexibility index (Phi) is 6.62. The maximum Gasteiger partial charge on any atom is 0.174 e. The third-order valence-corrected chi connectivity index (χ3v) is 6.23. The number of nitrogens with zero attached hydrogens (tertiary/aromatic N) is 4. The number of pyridine rings is 3. The fraction of sp³-hybridized carbons (Fsp3) is 0.207. The number of benzene rings is 1. The smallest absolute Gasteiger partial charge is 0.174 e. The summed E-state index contributed by atoms with van der Waals surface area (Å²) in [6.07, 6.45) is 5.43. The maximum atomic E-state index is 14.2. The summed E-state index contributed by atoms with van der Waals surface area (Å²) in [6.45, 7) is 3.78. The number of aryl methyl sites for hydroxylation is 1. The van der Waals surface area contributed by atoms with Crippen LogP contribution in [0.3, 0.4) is 0 Å². The van der Waals surface area contributed by atoms with Crippen LogP contribution < -0.4 is 0 Å². The summed E-state index contributed by atoms with van der Waals surface area (Å²) in [6, 6.07) is 18.1. The predicted octanol–water partition coefficient (Wildman–Crippen LogP) is 6.23. The summed E-state index contributed by atoms with van der Waals surface area (Å²) in [7, 11) is 0. The number of halogens is 1. The molecule has 0 spiro atoms. The van der Waals surface area contributed by atoms with E-state index in [4.69, 9.17) is 4.84 Å². The molecule has 0 unspecified atom stereocenters. The second-order valence-corrected chi connectivity index (χ2v) is 9.01. The fourth-order valence-electron chi connectivity index (χ4n) is 4.27. The first-order chi connectivity index (χ1) is 17.5. The Bertz CT molecular complexity index is 1420. The Hall–Kier alpha value is -4.26. The molecule has 5 rings (SSSR count). The predicted molar refractivity (Wildman–Crippen MR) is 135 cm³/mol. The van der Waals surface area contributed by atoms with E-state index < -0.39 is 5.82 Å². The van der Waals surface area contributed by atoms with E-state index in [1.807, 2.05) is 62.4 Å². The van der Waals surface area contributed by atoms with Gasteiger partial charge in [-0.3, -0.25) is 19.7 Å². The van der Waals surface area contributed by atoms with Gasteiger partial charge >= 0.3 is 0 Å². The standard InChI is InChI=1S/C29H25FN4O2/c1-18-8-9-24(33-17-18)20-13-21(26-16-28(36-34-26)25-7-3-4-10-31-25)15-22(14-20)27(35)12-19(2)29-23(30)6-5-11-32-29/h3-11,13-15,17,19,28H,12,16H2,1-2H3/t19-,28-/m0/s1. The van der Waals surface area contributed by atoms with Crippen LogP contribution in [0, 0.1) is 12.7 Å². The second-order valence-electron chi connectivity index (χ2n) is 9.01. The highest BCUT2D eigenvalue weighted by atomic mass is 19.1. The van der Waals surface area contributed by atoms with Gasteiger partial charge in [-0.05, 0) is 61.0 Å². The first-order valence-electron chi connectivity index (χ1n) is 11.8. The highest BCUT2D eigenvalue weighted by molar-refractivity contribution is 6.05. The summed E-state index contributed by atoms with van der Waals surface area (Å²) < 4.78 is 14.2. The quantitative estimate of drug-likeness (QED) is 0.293. The van der Waals surface area contributed by atoms with E-state index in [0.29, 0.717) is 12.0 Å². The average molecular weight is 481 g/mol. The Morgan fingerprint density at radius 1 is 1.03 bits per heavy atom. The third-order valence-electron chi connectivity index (χ3n) is 6.23. The Balaban J connectivity index is 1.46. The number of hydrogen-bond donors (Lipinski definition) is 0. The molecule has 0 aliphatic carbocycles. The zero-order chi connectivity index (χ0) is 25.1. The van der Waals surface area contributed by atoms with Gasteiger partial charge in [-0.25, -0.2) is 4.39 Å². The number of hydrogen-bond acceptors (Lipinski definition) is 6. The summed E-state index contributed by atoms with van der Waals surface area (Å²) in [5, 5.41) is 4.32. The molecule has 0 saturated carbocycles. The number of oxime groups is 1. The summed E-state index contributed by atoms with van der Waals surface area (Å²) >= 11 is 0. The molecule has 1 aliphatic rings. The van der Waals surface area contributed by atoms with Crippen molar-refractivity contribution in [2.24, 2.45) is 5.16 Å². The molecule has 0 radical (unpaired) electrons. The van der Waals surface area contributed by atoms with Crippen molar-refractivity contribution in [1.29, 1.82) is 0 Å². The van der Waals surface area contributed by atoms with Crippen LogP contribution in [0.15, 0.2) is 84.4 Å². The van der Waals surface area contributed by atoms with Gasteiger partial charge in [0.25, 0.3) is 0 Å². The van der Waals surface area contributed by atoms with Crippen LogP contribution in [0.25, 0.3) is 11.3 Å². The SMILES string of the molecule is Cc1ccc(-c2cc(C(=O)C[C@H](C)c3ncccc3F)cc(C3=NO[C@H](c4ccccn4)C3)c2)nc1. The lowest BCUT2D eigenvalue weighted by Crippen LogP contribution is -2.10. The van der Waals surface area contributed by atoms with Crippen LogP contribution >= 0.6 is 0 Å². The van der Waals surface area contributed by atoms with Crippen molar-refractivity contribution in [3.05, 3.63) is 113 Å². The largest absolute Gasteiger partial charge is 0.385 e. The van der Waals surface area contributed by atoms with Gasteiger partial charge in [0, 0.05) is 54.0 Å². The molecule has 2 atom stereocenters. The number of carbonyl (C=O) groups is 1. The number of aromatic nitrogens is 3. The third kappa shape index (κ3) is 5.05. The first kappa shape index (κ1) is 23.5. The van der Waals surface area contributed by atoms with Crippen LogP contribution in [0.1, 0.15) is 64.7 Å². The van der Waals surface area contributed by atoms with Gasteiger partial charge in [-0.1, -0.05) is 24.2 Å². The number of rotatable bonds is 7. The minimum atomic E-state index is -0.408. The van der Waals surface area contributed by atoms with Gasteiger partial charge in [0.15, 0.2) is 11.9 Å². The molecule has 0 N–H and O–H groups in total. The van der Waals surface area contributed by atoms with Gasteiger partial charge in [0.05, 0.1) is 22.8 Å². The average Bonchev–Trinajstić information content (AvgIpc) is 3.40. The summed E-state index contributed by atoms with van der Waals surface area (Å²) in [5.74, 6) is -0.887. The van der Waals surface area contributed by atoms with Crippen molar-refractivity contribution < 1.29 is 14.0 Å². The van der Waals surface area contributed by atoms with Gasteiger partial charge < -0.3 is 4.84 Å². The number of carbonyl (C=O) groups excluding carboxylic acids is 1. The molecule has 0 saturated heterocycles. The van der Waals surface area contributed by atoms with Crippen LogP contribution in [-0.4, -0.2) is 26.4 Å². The van der Waals surface area contributed by atoms with Crippen molar-refractivity contribution in [2.45, 2.75) is 38.7 Å². The molecule has 6 nitrogen and oxygen atoms in total. The van der Waals surface area contributed by atoms with Crippen molar-refractivity contribution in [3.8, 4) is 11.3 Å². The molecule has 1 aliphatic heterocycles. The lowest BCUT2D eigenvalue weighted by Gasteiger charge is -2.13. The minimum absolute atomic E-state index is 0.108. The van der Waals surface area contributed by atoms with Gasteiger partial charge in [0.1, 0.15) is 5.82 Å². The van der Waals surface area contributed by atoms with E-state index in [-0.39, 0.29) is 29.9 Å². The molecule has 3 aromatic heterocycles. The van der Waals surface area contributed by atoms with Crippen molar-refractivity contribution in [2.75, 3.05) is 0 Å². The van der Waals surface area contributed by atoms with Crippen molar-refractivity contribution >= 4 is 11.5 Å². The number of Topliss-reactive ketones (excluding diaryl/α,β-unsaturated/α-hetero) is 1. The fourth-order valence-corrected chi connectivity index (χ4v) is 4.27. The van der Waals surface area contributed by atoms with Crippen LogP contribution in [0.2, 0.25) is 0 Å². The highest BCUT2D eigenvalue weighted by Gasteiger charge is 2.26.